The van der Waals surface area contributed by atoms with Crippen LogP contribution >= 0.6 is 0 Å². The van der Waals surface area contributed by atoms with Gasteiger partial charge in [0.15, 0.2) is 0 Å². The molecule has 2 aromatic carbocycles. The molecule has 1 heterocycles. The fourth-order valence-electron chi connectivity index (χ4n) is 3.52. The number of rotatable bonds is 9. The molecule has 6 nitrogen and oxygen atoms in total. The van der Waals surface area contributed by atoms with E-state index in [0.717, 1.165) is 41.2 Å². The molecule has 0 aliphatic carbocycles. The van der Waals surface area contributed by atoms with Crippen LogP contribution in [-0.2, 0) is 9.47 Å². The predicted molar refractivity (Wildman–Crippen MR) is 130 cm³/mol. The molecule has 3 aromatic rings. The van der Waals surface area contributed by atoms with Crippen molar-refractivity contribution in [2.75, 3.05) is 13.2 Å². The first kappa shape index (κ1) is 24.0. The Morgan fingerprint density at radius 1 is 0.939 bits per heavy atom. The average molecular weight is 447 g/mol. The first-order chi connectivity index (χ1) is 15.9. The summed E-state index contributed by atoms with van der Waals surface area (Å²) in [6.07, 6.45) is 3.65. The van der Waals surface area contributed by atoms with Crippen molar-refractivity contribution < 1.29 is 19.1 Å². The van der Waals surface area contributed by atoms with Gasteiger partial charge in [0.2, 0.25) is 0 Å². The number of carbonyl (C=O) groups excluding carboxylic acids is 2. The van der Waals surface area contributed by atoms with E-state index in [1.165, 1.54) is 0 Å². The lowest BCUT2D eigenvalue weighted by Crippen LogP contribution is -2.06. The minimum absolute atomic E-state index is 0.312. The van der Waals surface area contributed by atoms with Crippen molar-refractivity contribution in [2.45, 2.75) is 40.5 Å². The maximum atomic E-state index is 12.1. The van der Waals surface area contributed by atoms with Gasteiger partial charge in [0.1, 0.15) is 0 Å². The number of aliphatic imine (C=N–C) groups is 1. The molecule has 0 unspecified atom stereocenters. The Morgan fingerprint density at radius 3 is 2.36 bits per heavy atom. The quantitative estimate of drug-likeness (QED) is 0.230. The summed E-state index contributed by atoms with van der Waals surface area (Å²) in [4.78, 5) is 28.7. The van der Waals surface area contributed by atoms with Gasteiger partial charge in [0.25, 0.3) is 0 Å². The van der Waals surface area contributed by atoms with E-state index in [2.05, 4.69) is 22.5 Å². The molecule has 0 aliphatic rings. The van der Waals surface area contributed by atoms with E-state index in [9.17, 15) is 9.59 Å². The molecule has 0 atom stereocenters. The van der Waals surface area contributed by atoms with E-state index in [4.69, 9.17) is 9.47 Å². The number of nitrogens with zero attached hydrogens (tertiary/aromatic N) is 2. The van der Waals surface area contributed by atoms with Gasteiger partial charge in [-0.3, -0.25) is 4.99 Å². The third-order valence-corrected chi connectivity index (χ3v) is 5.27. The number of benzene rings is 2. The Morgan fingerprint density at radius 2 is 1.67 bits per heavy atom. The highest BCUT2D eigenvalue weighted by Gasteiger charge is 2.13. The van der Waals surface area contributed by atoms with Crippen LogP contribution in [0.1, 0.15) is 64.4 Å². The van der Waals surface area contributed by atoms with Crippen LogP contribution in [0.25, 0.3) is 5.69 Å². The van der Waals surface area contributed by atoms with Crippen molar-refractivity contribution in [1.29, 1.82) is 0 Å². The van der Waals surface area contributed by atoms with Gasteiger partial charge < -0.3 is 14.0 Å². The molecule has 0 radical (unpaired) electrons. The second-order valence-electron chi connectivity index (χ2n) is 7.73. The molecule has 0 N–H and O–H groups in total. The van der Waals surface area contributed by atoms with Crippen LogP contribution in [0.3, 0.4) is 0 Å². The fourth-order valence-corrected chi connectivity index (χ4v) is 3.52. The maximum Gasteiger partial charge on any atom is 0.338 e. The van der Waals surface area contributed by atoms with E-state index >= 15 is 0 Å². The Kier molecular flexibility index (Phi) is 8.19. The van der Waals surface area contributed by atoms with Gasteiger partial charge in [0, 0.05) is 28.9 Å². The monoisotopic (exact) mass is 446 g/mol. The number of aromatic nitrogens is 1. The number of esters is 2. The van der Waals surface area contributed by atoms with Gasteiger partial charge in [-0.05, 0) is 75.7 Å². The summed E-state index contributed by atoms with van der Waals surface area (Å²) in [7, 11) is 0. The first-order valence-electron chi connectivity index (χ1n) is 11.2. The van der Waals surface area contributed by atoms with Crippen LogP contribution in [0.5, 0.6) is 0 Å². The molecular formula is C27H30N2O4. The second-order valence-corrected chi connectivity index (χ2v) is 7.73. The lowest BCUT2D eigenvalue weighted by Gasteiger charge is -2.11. The highest BCUT2D eigenvalue weighted by Crippen LogP contribution is 2.22. The zero-order chi connectivity index (χ0) is 23.8. The molecule has 0 amide bonds. The third-order valence-electron chi connectivity index (χ3n) is 5.27. The van der Waals surface area contributed by atoms with E-state index in [1.54, 1.807) is 37.3 Å². The van der Waals surface area contributed by atoms with Crippen molar-refractivity contribution in [3.8, 4) is 5.69 Å². The number of aryl methyl sites for hydroxylation is 1. The lowest BCUT2D eigenvalue weighted by molar-refractivity contribution is 0.0497. The standard InChI is InChI=1S/C27H30N2O4/c1-5-7-15-33-26(30)21-11-13-24(14-12-21)28-18-23-16-19(3)29(20(23)4)25-10-8-9-22(17-25)27(31)32-6-2/h8-14,16-18H,5-7,15H2,1-4H3. The van der Waals surface area contributed by atoms with Gasteiger partial charge in [0.05, 0.1) is 30.0 Å². The normalized spacial score (nSPS) is 11.0. The van der Waals surface area contributed by atoms with Crippen LogP contribution in [-0.4, -0.2) is 35.9 Å². The number of hydrogen-bond acceptors (Lipinski definition) is 5. The van der Waals surface area contributed by atoms with Crippen molar-refractivity contribution in [3.63, 3.8) is 0 Å². The van der Waals surface area contributed by atoms with Gasteiger partial charge in [-0.1, -0.05) is 19.4 Å². The maximum absolute atomic E-state index is 12.1. The molecule has 3 rings (SSSR count). The van der Waals surface area contributed by atoms with Crippen molar-refractivity contribution >= 4 is 23.8 Å². The summed E-state index contributed by atoms with van der Waals surface area (Å²) in [6.45, 7) is 8.65. The summed E-state index contributed by atoms with van der Waals surface area (Å²) in [5.74, 6) is -0.645. The van der Waals surface area contributed by atoms with Gasteiger partial charge >= 0.3 is 11.9 Å². The number of carbonyl (C=O) groups is 2. The zero-order valence-corrected chi connectivity index (χ0v) is 19.6. The van der Waals surface area contributed by atoms with Crippen molar-refractivity contribution in [2.24, 2.45) is 4.99 Å². The van der Waals surface area contributed by atoms with Crippen LogP contribution in [0.4, 0.5) is 5.69 Å². The minimum atomic E-state index is -0.332. The topological polar surface area (TPSA) is 69.9 Å². The molecule has 6 heteroatoms. The van der Waals surface area contributed by atoms with Crippen molar-refractivity contribution in [3.05, 3.63) is 82.7 Å². The molecule has 0 saturated heterocycles. The summed E-state index contributed by atoms with van der Waals surface area (Å²) in [5, 5.41) is 0. The second kappa shape index (κ2) is 11.3. The van der Waals surface area contributed by atoms with E-state index in [0.29, 0.717) is 24.3 Å². The van der Waals surface area contributed by atoms with Crippen LogP contribution in [0, 0.1) is 13.8 Å². The Balaban J connectivity index is 1.77. The van der Waals surface area contributed by atoms with E-state index in [1.807, 2.05) is 38.3 Å². The molecule has 33 heavy (non-hydrogen) atoms. The van der Waals surface area contributed by atoms with Crippen LogP contribution in [0.2, 0.25) is 0 Å². The summed E-state index contributed by atoms with van der Waals surface area (Å²) < 4.78 is 12.4. The largest absolute Gasteiger partial charge is 0.462 e. The average Bonchev–Trinajstić information content (AvgIpc) is 3.11. The molecule has 0 fully saturated rings. The Labute approximate surface area is 194 Å². The molecule has 1 aromatic heterocycles. The number of ether oxygens (including phenoxy) is 2. The van der Waals surface area contributed by atoms with Gasteiger partial charge in [-0.2, -0.15) is 0 Å². The summed E-state index contributed by atoms with van der Waals surface area (Å²) in [5.41, 5.74) is 5.68. The smallest absolute Gasteiger partial charge is 0.338 e. The lowest BCUT2D eigenvalue weighted by atomic mass is 10.2. The Hall–Kier alpha value is -3.67. The predicted octanol–water partition coefficient (Wildman–Crippen LogP) is 5.98. The zero-order valence-electron chi connectivity index (χ0n) is 19.6. The number of hydrogen-bond donors (Lipinski definition) is 0. The third kappa shape index (κ3) is 5.98. The molecule has 0 spiro atoms. The first-order valence-corrected chi connectivity index (χ1v) is 11.2. The van der Waals surface area contributed by atoms with E-state index in [-0.39, 0.29) is 11.9 Å². The minimum Gasteiger partial charge on any atom is -0.462 e. The molecule has 172 valence electrons. The SMILES string of the molecule is CCCCOC(=O)c1ccc(N=Cc2cc(C)n(-c3cccc(C(=O)OCC)c3)c2C)cc1. The van der Waals surface area contributed by atoms with E-state index < -0.39 is 0 Å². The Bertz CT molecular complexity index is 1140. The number of unbranched alkanes of at least 4 members (excludes halogenated alkanes) is 1. The fraction of sp³-hybridized carbons (Fsp3) is 0.296. The van der Waals surface area contributed by atoms with Gasteiger partial charge in [-0.15, -0.1) is 0 Å². The molecule has 0 aliphatic heterocycles. The van der Waals surface area contributed by atoms with Gasteiger partial charge in [-0.25, -0.2) is 9.59 Å². The molecule has 0 saturated carbocycles. The summed E-state index contributed by atoms with van der Waals surface area (Å²) >= 11 is 0. The summed E-state index contributed by atoms with van der Waals surface area (Å²) in [6, 6.07) is 16.5. The molecule has 0 bridgehead atoms. The van der Waals surface area contributed by atoms with Crippen molar-refractivity contribution in [1.82, 2.24) is 4.57 Å². The highest BCUT2D eigenvalue weighted by atomic mass is 16.5. The molecular weight excluding hydrogens is 416 g/mol. The van der Waals surface area contributed by atoms with Crippen LogP contribution in [0.15, 0.2) is 59.6 Å². The highest BCUT2D eigenvalue weighted by molar-refractivity contribution is 5.91. The van der Waals surface area contributed by atoms with Crippen LogP contribution < -0.4 is 0 Å².